The van der Waals surface area contributed by atoms with E-state index in [4.69, 9.17) is 5.11 Å². The molecule has 0 amide bonds. The molecule has 1 aliphatic heterocycles. The first kappa shape index (κ1) is 13.7. The highest BCUT2D eigenvalue weighted by atomic mass is 16.6. The Labute approximate surface area is 100 Å². The molecule has 0 saturated carbocycles. The van der Waals surface area contributed by atoms with E-state index in [9.17, 15) is 14.4 Å². The molecule has 0 aliphatic carbocycles. The van der Waals surface area contributed by atoms with Crippen molar-refractivity contribution in [1.82, 2.24) is 0 Å². The Morgan fingerprint density at radius 3 is 2.53 bits per heavy atom. The van der Waals surface area contributed by atoms with Crippen molar-refractivity contribution in [3.63, 3.8) is 0 Å². The fourth-order valence-corrected chi connectivity index (χ4v) is 2.03. The molecule has 1 unspecified atom stereocenters. The lowest BCUT2D eigenvalue weighted by atomic mass is 9.93. The molecule has 0 bridgehead atoms. The molecule has 1 atom stereocenters. The van der Waals surface area contributed by atoms with Gasteiger partial charge in [0, 0.05) is 19.3 Å². The highest BCUT2D eigenvalue weighted by Crippen LogP contribution is 2.21. The van der Waals surface area contributed by atoms with E-state index >= 15 is 0 Å². The summed E-state index contributed by atoms with van der Waals surface area (Å²) in [5, 5.41) is 8.75. The maximum atomic E-state index is 11.3. The Morgan fingerprint density at radius 1 is 1.12 bits per heavy atom. The summed E-state index contributed by atoms with van der Waals surface area (Å²) in [6, 6.07) is 0. The summed E-state index contributed by atoms with van der Waals surface area (Å²) in [7, 11) is 0. The molecule has 1 aliphatic rings. The number of hydrogen-bond acceptors (Lipinski definition) is 4. The van der Waals surface area contributed by atoms with Crippen LogP contribution in [0.2, 0.25) is 0 Å². The monoisotopic (exact) mass is 242 g/mol. The first-order chi connectivity index (χ1) is 8.08. The highest BCUT2D eigenvalue weighted by Gasteiger charge is 2.18. The van der Waals surface area contributed by atoms with Crippen LogP contribution in [0.5, 0.6) is 0 Å². The van der Waals surface area contributed by atoms with Crippen LogP contribution in [0.4, 0.5) is 0 Å². The Kier molecular flexibility index (Phi) is 5.66. The number of carboxylic acid groups (broad SMARTS) is 1. The van der Waals surface area contributed by atoms with Crippen LogP contribution in [0, 0.1) is 5.92 Å². The normalized spacial score (nSPS) is 23.6. The van der Waals surface area contributed by atoms with Crippen LogP contribution in [-0.4, -0.2) is 23.0 Å². The van der Waals surface area contributed by atoms with Gasteiger partial charge in [-0.2, -0.15) is 0 Å². The molecule has 1 heterocycles. The van der Waals surface area contributed by atoms with Crippen molar-refractivity contribution in [2.75, 3.05) is 0 Å². The Morgan fingerprint density at radius 2 is 1.82 bits per heavy atom. The van der Waals surface area contributed by atoms with E-state index in [-0.39, 0.29) is 25.2 Å². The second-order valence-electron chi connectivity index (χ2n) is 4.45. The Balaban J connectivity index is 2.50. The molecule has 0 aromatic rings. The van der Waals surface area contributed by atoms with E-state index in [1.54, 1.807) is 0 Å². The van der Waals surface area contributed by atoms with E-state index in [1.807, 2.05) is 0 Å². The summed E-state index contributed by atoms with van der Waals surface area (Å²) >= 11 is 0. The molecule has 1 fully saturated rings. The van der Waals surface area contributed by atoms with Gasteiger partial charge in [-0.05, 0) is 25.2 Å². The summed E-state index contributed by atoms with van der Waals surface area (Å²) in [6.45, 7) is 0. The van der Waals surface area contributed by atoms with Crippen molar-refractivity contribution in [1.29, 1.82) is 0 Å². The average Bonchev–Trinajstić information content (AvgIpc) is 2.26. The number of hydrogen-bond donors (Lipinski definition) is 1. The van der Waals surface area contributed by atoms with Crippen LogP contribution in [0.3, 0.4) is 0 Å². The van der Waals surface area contributed by atoms with Crippen LogP contribution < -0.4 is 0 Å². The molecule has 1 rings (SSSR count). The minimum absolute atomic E-state index is 0.00764. The third kappa shape index (κ3) is 6.04. The van der Waals surface area contributed by atoms with Crippen LogP contribution in [0.15, 0.2) is 0 Å². The summed E-state index contributed by atoms with van der Waals surface area (Å²) in [5.74, 6) is -1.83. The molecule has 0 radical (unpaired) electrons. The zero-order valence-electron chi connectivity index (χ0n) is 9.81. The number of ether oxygens (including phenoxy) is 1. The van der Waals surface area contributed by atoms with Crippen molar-refractivity contribution in [3.05, 3.63) is 0 Å². The molecule has 1 saturated heterocycles. The zero-order chi connectivity index (χ0) is 12.7. The van der Waals surface area contributed by atoms with Gasteiger partial charge >= 0.3 is 17.9 Å². The van der Waals surface area contributed by atoms with Gasteiger partial charge in [0.25, 0.3) is 0 Å². The van der Waals surface area contributed by atoms with E-state index in [0.717, 1.165) is 19.3 Å². The molecule has 5 nitrogen and oxygen atoms in total. The highest BCUT2D eigenvalue weighted by molar-refractivity contribution is 5.85. The van der Waals surface area contributed by atoms with Gasteiger partial charge in [0.1, 0.15) is 0 Å². The average molecular weight is 242 g/mol. The fourth-order valence-electron chi connectivity index (χ4n) is 2.03. The lowest BCUT2D eigenvalue weighted by Gasteiger charge is -2.12. The summed E-state index contributed by atoms with van der Waals surface area (Å²) < 4.78 is 4.61. The number of carbonyl (C=O) groups excluding carboxylic acids is 2. The SMILES string of the molecule is O=C(O)CC1CCCCCC(=O)OC(=O)CC1. The number of esters is 2. The van der Waals surface area contributed by atoms with Crippen molar-refractivity contribution < 1.29 is 24.2 Å². The smallest absolute Gasteiger partial charge is 0.313 e. The van der Waals surface area contributed by atoms with E-state index in [1.165, 1.54) is 0 Å². The van der Waals surface area contributed by atoms with Crippen molar-refractivity contribution >= 4 is 17.9 Å². The molecule has 1 N–H and O–H groups in total. The Hall–Kier alpha value is -1.39. The molecule has 17 heavy (non-hydrogen) atoms. The molecule has 96 valence electrons. The molecular formula is C12H18O5. The van der Waals surface area contributed by atoms with Gasteiger partial charge < -0.3 is 9.84 Å². The predicted molar refractivity (Wildman–Crippen MR) is 59.2 cm³/mol. The maximum absolute atomic E-state index is 11.3. The quantitative estimate of drug-likeness (QED) is 0.590. The van der Waals surface area contributed by atoms with Gasteiger partial charge in [-0.15, -0.1) is 0 Å². The van der Waals surface area contributed by atoms with Crippen LogP contribution >= 0.6 is 0 Å². The minimum atomic E-state index is -0.839. The molecular weight excluding hydrogens is 224 g/mol. The van der Waals surface area contributed by atoms with Gasteiger partial charge in [-0.25, -0.2) is 0 Å². The van der Waals surface area contributed by atoms with E-state index in [0.29, 0.717) is 12.8 Å². The summed E-state index contributed by atoms with van der Waals surface area (Å²) in [6.07, 6.45) is 4.25. The van der Waals surface area contributed by atoms with Crippen LogP contribution in [-0.2, 0) is 19.1 Å². The second-order valence-corrected chi connectivity index (χ2v) is 4.45. The largest absolute Gasteiger partial charge is 0.481 e. The van der Waals surface area contributed by atoms with Crippen LogP contribution in [0.1, 0.15) is 51.4 Å². The fraction of sp³-hybridized carbons (Fsp3) is 0.750. The molecule has 0 aromatic heterocycles. The van der Waals surface area contributed by atoms with Crippen LogP contribution in [0.25, 0.3) is 0 Å². The third-order valence-corrected chi connectivity index (χ3v) is 2.94. The van der Waals surface area contributed by atoms with E-state index in [2.05, 4.69) is 4.74 Å². The predicted octanol–water partition coefficient (Wildman–Crippen LogP) is 1.89. The van der Waals surface area contributed by atoms with Crippen molar-refractivity contribution in [2.45, 2.75) is 51.4 Å². The van der Waals surface area contributed by atoms with Gasteiger partial charge in [-0.1, -0.05) is 12.8 Å². The number of carboxylic acids is 1. The Bertz CT molecular complexity index is 297. The summed E-state index contributed by atoms with van der Waals surface area (Å²) in [4.78, 5) is 33.1. The standard InChI is InChI=1S/C12H18O5/c13-10(14)8-9-4-2-1-3-5-11(15)17-12(16)7-6-9/h9H,1-8H2,(H,13,14). The third-order valence-electron chi connectivity index (χ3n) is 2.94. The molecule has 5 heteroatoms. The zero-order valence-corrected chi connectivity index (χ0v) is 9.81. The second kappa shape index (κ2) is 7.04. The van der Waals surface area contributed by atoms with Gasteiger partial charge in [0.15, 0.2) is 0 Å². The maximum Gasteiger partial charge on any atom is 0.313 e. The minimum Gasteiger partial charge on any atom is -0.481 e. The number of cyclic esters (lactones) is 2. The molecule has 0 aromatic carbocycles. The lowest BCUT2D eigenvalue weighted by molar-refractivity contribution is -0.160. The number of aliphatic carboxylic acids is 1. The number of rotatable bonds is 2. The van der Waals surface area contributed by atoms with Crippen molar-refractivity contribution in [3.8, 4) is 0 Å². The van der Waals surface area contributed by atoms with E-state index < -0.39 is 17.9 Å². The molecule has 0 spiro atoms. The van der Waals surface area contributed by atoms with Gasteiger partial charge in [-0.3, -0.25) is 14.4 Å². The number of carbonyl (C=O) groups is 3. The summed E-state index contributed by atoms with van der Waals surface area (Å²) in [5.41, 5.74) is 0. The topological polar surface area (TPSA) is 80.7 Å². The first-order valence-electron chi connectivity index (χ1n) is 6.03. The van der Waals surface area contributed by atoms with Gasteiger partial charge in [0.05, 0.1) is 0 Å². The lowest BCUT2D eigenvalue weighted by Crippen LogP contribution is -2.14. The first-order valence-corrected chi connectivity index (χ1v) is 6.03. The van der Waals surface area contributed by atoms with Gasteiger partial charge in [0.2, 0.25) is 0 Å². The van der Waals surface area contributed by atoms with Crippen molar-refractivity contribution in [2.24, 2.45) is 5.92 Å².